The van der Waals surface area contributed by atoms with E-state index >= 15 is 0 Å². The molecule has 1 amide bonds. The fourth-order valence-electron chi connectivity index (χ4n) is 3.54. The fraction of sp³-hybridized carbons (Fsp3) is 0.0400. The molecule has 1 heterocycles. The molecule has 4 nitrogen and oxygen atoms in total. The van der Waals surface area contributed by atoms with E-state index in [4.69, 9.17) is 0 Å². The number of allylic oxidation sites excluding steroid dienone is 1. The lowest BCUT2D eigenvalue weighted by Gasteiger charge is -2.27. The first-order valence-corrected chi connectivity index (χ1v) is 10.6. The molecule has 1 aliphatic rings. The molecule has 0 bridgehead atoms. The summed E-state index contributed by atoms with van der Waals surface area (Å²) < 4.78 is 15.7. The van der Waals surface area contributed by atoms with Crippen molar-refractivity contribution in [2.24, 2.45) is 0 Å². The second-order valence-electron chi connectivity index (χ2n) is 6.95. The minimum Gasteiger partial charge on any atom is -0.503 e. The number of carbonyl (C=O) groups excluding carboxylic acids is 2. The van der Waals surface area contributed by atoms with Gasteiger partial charge in [-0.3, -0.25) is 14.5 Å². The second kappa shape index (κ2) is 8.85. The Balaban J connectivity index is 1.81. The predicted octanol–water partition coefficient (Wildman–Crippen LogP) is 5.61. The molecular formula is C25H17FINO3. The van der Waals surface area contributed by atoms with Crippen molar-refractivity contribution >= 4 is 46.0 Å². The van der Waals surface area contributed by atoms with Gasteiger partial charge in [0.25, 0.3) is 5.91 Å². The molecule has 1 atom stereocenters. The molecule has 1 aliphatic heterocycles. The van der Waals surface area contributed by atoms with Gasteiger partial charge in [-0.15, -0.1) is 0 Å². The maximum Gasteiger partial charge on any atom is 0.294 e. The number of ketones is 1. The van der Waals surface area contributed by atoms with Gasteiger partial charge < -0.3 is 5.11 Å². The molecule has 0 saturated heterocycles. The first-order valence-electron chi connectivity index (χ1n) is 9.51. The van der Waals surface area contributed by atoms with Crippen LogP contribution in [-0.2, 0) is 9.59 Å². The number of anilines is 1. The highest BCUT2D eigenvalue weighted by Crippen LogP contribution is 2.42. The maximum absolute atomic E-state index is 14.8. The van der Waals surface area contributed by atoms with Crippen LogP contribution in [0.3, 0.4) is 0 Å². The Labute approximate surface area is 192 Å². The third-order valence-corrected chi connectivity index (χ3v) is 5.72. The summed E-state index contributed by atoms with van der Waals surface area (Å²) in [6.45, 7) is 0. The van der Waals surface area contributed by atoms with Crippen LogP contribution in [0, 0.1) is 9.39 Å². The second-order valence-corrected chi connectivity index (χ2v) is 8.19. The number of nitrogens with zero attached hydrogens (tertiary/aromatic N) is 1. The maximum atomic E-state index is 14.8. The van der Waals surface area contributed by atoms with Crippen LogP contribution in [0.5, 0.6) is 0 Å². The molecule has 0 spiro atoms. The Morgan fingerprint density at radius 2 is 1.61 bits per heavy atom. The summed E-state index contributed by atoms with van der Waals surface area (Å²) in [5, 5.41) is 10.6. The van der Waals surface area contributed by atoms with Gasteiger partial charge in [-0.25, -0.2) is 4.39 Å². The van der Waals surface area contributed by atoms with Gasteiger partial charge in [0.1, 0.15) is 5.82 Å². The summed E-state index contributed by atoms with van der Waals surface area (Å²) in [5.41, 5.74) is 1.23. The van der Waals surface area contributed by atoms with Crippen molar-refractivity contribution in [3.63, 3.8) is 0 Å². The normalized spacial score (nSPS) is 16.4. The van der Waals surface area contributed by atoms with E-state index in [0.29, 0.717) is 5.69 Å². The zero-order chi connectivity index (χ0) is 22.0. The molecule has 0 radical (unpaired) electrons. The smallest absolute Gasteiger partial charge is 0.294 e. The Bertz CT molecular complexity index is 1200. The number of hydrogen-bond acceptors (Lipinski definition) is 3. The molecule has 31 heavy (non-hydrogen) atoms. The third-order valence-electron chi connectivity index (χ3n) is 5.00. The van der Waals surface area contributed by atoms with Crippen LogP contribution in [0.25, 0.3) is 6.08 Å². The van der Waals surface area contributed by atoms with Gasteiger partial charge in [0.2, 0.25) is 0 Å². The lowest BCUT2D eigenvalue weighted by molar-refractivity contribution is -0.117. The minimum atomic E-state index is -1.08. The minimum absolute atomic E-state index is 0.134. The lowest BCUT2D eigenvalue weighted by atomic mass is 9.95. The Hall–Kier alpha value is -3.26. The molecule has 0 fully saturated rings. The molecule has 4 rings (SSSR count). The quantitative estimate of drug-likeness (QED) is 0.348. The van der Waals surface area contributed by atoms with Crippen molar-refractivity contribution in [1.29, 1.82) is 0 Å². The number of hydrogen-bond donors (Lipinski definition) is 1. The van der Waals surface area contributed by atoms with Crippen molar-refractivity contribution < 1.29 is 19.1 Å². The number of aliphatic hydroxyl groups is 1. The van der Waals surface area contributed by atoms with Gasteiger partial charge >= 0.3 is 0 Å². The van der Waals surface area contributed by atoms with Crippen LogP contribution >= 0.6 is 22.6 Å². The number of aliphatic hydroxyl groups excluding tert-OH is 1. The van der Waals surface area contributed by atoms with Crippen molar-refractivity contribution in [2.45, 2.75) is 6.04 Å². The van der Waals surface area contributed by atoms with Crippen molar-refractivity contribution in [2.75, 3.05) is 4.90 Å². The SMILES string of the molecule is O=C(C=Cc1ccccc1)C1=C(O)C(=O)N(c2ccc(I)cc2)C1c1ccccc1F. The average molecular weight is 525 g/mol. The summed E-state index contributed by atoms with van der Waals surface area (Å²) >= 11 is 2.14. The Morgan fingerprint density at radius 3 is 2.29 bits per heavy atom. The number of amides is 1. The van der Waals surface area contributed by atoms with E-state index in [9.17, 15) is 19.1 Å². The monoisotopic (exact) mass is 525 g/mol. The van der Waals surface area contributed by atoms with E-state index in [1.807, 2.05) is 30.3 Å². The topological polar surface area (TPSA) is 57.6 Å². The van der Waals surface area contributed by atoms with E-state index in [-0.39, 0.29) is 11.1 Å². The van der Waals surface area contributed by atoms with E-state index in [0.717, 1.165) is 9.13 Å². The van der Waals surface area contributed by atoms with Gasteiger partial charge in [-0.05, 0) is 64.6 Å². The lowest BCUT2D eigenvalue weighted by Crippen LogP contribution is -2.31. The molecule has 6 heteroatoms. The zero-order valence-electron chi connectivity index (χ0n) is 16.2. The van der Waals surface area contributed by atoms with Crippen LogP contribution in [0.1, 0.15) is 17.2 Å². The largest absolute Gasteiger partial charge is 0.503 e. The highest BCUT2D eigenvalue weighted by atomic mass is 127. The molecule has 3 aromatic carbocycles. The molecule has 1 unspecified atom stereocenters. The van der Waals surface area contributed by atoms with Gasteiger partial charge in [0, 0.05) is 14.8 Å². The third kappa shape index (κ3) is 4.16. The van der Waals surface area contributed by atoms with Crippen molar-refractivity contribution in [3.05, 3.63) is 117 Å². The highest BCUT2D eigenvalue weighted by molar-refractivity contribution is 14.1. The van der Waals surface area contributed by atoms with E-state index in [1.54, 1.807) is 36.4 Å². The van der Waals surface area contributed by atoms with Crippen LogP contribution in [-0.4, -0.2) is 16.8 Å². The average Bonchev–Trinajstić information content (AvgIpc) is 3.04. The van der Waals surface area contributed by atoms with E-state index < -0.39 is 29.3 Å². The summed E-state index contributed by atoms with van der Waals surface area (Å²) in [5.74, 6) is -2.54. The van der Waals surface area contributed by atoms with Gasteiger partial charge in [0.05, 0.1) is 11.6 Å². The summed E-state index contributed by atoms with van der Waals surface area (Å²) in [4.78, 5) is 27.3. The van der Waals surface area contributed by atoms with E-state index in [2.05, 4.69) is 22.6 Å². The first-order chi connectivity index (χ1) is 15.0. The molecule has 0 saturated carbocycles. The molecule has 154 valence electrons. The van der Waals surface area contributed by atoms with Crippen LogP contribution < -0.4 is 4.90 Å². The van der Waals surface area contributed by atoms with Gasteiger partial charge in [-0.2, -0.15) is 0 Å². The summed E-state index contributed by atoms with van der Waals surface area (Å²) in [7, 11) is 0. The number of halogens is 2. The fourth-order valence-corrected chi connectivity index (χ4v) is 3.90. The Kier molecular flexibility index (Phi) is 5.99. The number of benzene rings is 3. The van der Waals surface area contributed by atoms with Crippen LogP contribution in [0.4, 0.5) is 10.1 Å². The number of rotatable bonds is 5. The molecule has 3 aromatic rings. The summed E-state index contributed by atoms with van der Waals surface area (Å²) in [6.07, 6.45) is 2.89. The molecule has 0 aliphatic carbocycles. The summed E-state index contributed by atoms with van der Waals surface area (Å²) in [6, 6.07) is 21.0. The molecular weight excluding hydrogens is 508 g/mol. The van der Waals surface area contributed by atoms with Gasteiger partial charge in [-0.1, -0.05) is 54.6 Å². The van der Waals surface area contributed by atoms with Gasteiger partial charge in [0.15, 0.2) is 11.5 Å². The van der Waals surface area contributed by atoms with Crippen LogP contribution in [0.15, 0.2) is 96.3 Å². The highest BCUT2D eigenvalue weighted by Gasteiger charge is 2.44. The number of carbonyl (C=O) groups is 2. The Morgan fingerprint density at radius 1 is 0.968 bits per heavy atom. The predicted molar refractivity (Wildman–Crippen MR) is 126 cm³/mol. The van der Waals surface area contributed by atoms with Crippen molar-refractivity contribution in [1.82, 2.24) is 0 Å². The zero-order valence-corrected chi connectivity index (χ0v) is 18.4. The van der Waals surface area contributed by atoms with Crippen molar-refractivity contribution in [3.8, 4) is 0 Å². The molecule has 1 N–H and O–H groups in total. The van der Waals surface area contributed by atoms with Crippen LogP contribution in [0.2, 0.25) is 0 Å². The standard InChI is InChI=1S/C25H17FINO3/c26-20-9-5-4-8-19(20)23-22(21(29)15-10-16-6-2-1-3-7-16)24(30)25(31)28(23)18-13-11-17(27)12-14-18/h1-15,23,30H. The van der Waals surface area contributed by atoms with E-state index in [1.165, 1.54) is 29.2 Å². The first kappa shape index (κ1) is 21.0. The molecule has 0 aromatic heterocycles.